The molecule has 0 atom stereocenters. The molecule has 0 aromatic heterocycles. The molecule has 5 heteroatoms. The van der Waals surface area contributed by atoms with Gasteiger partial charge in [-0.2, -0.15) is 0 Å². The molecule has 1 rings (SSSR count). The Morgan fingerprint density at radius 1 is 1.47 bits per heavy atom. The molecule has 0 spiro atoms. The summed E-state index contributed by atoms with van der Waals surface area (Å²) in [5.74, 6) is 0. The first-order chi connectivity index (χ1) is 9.22. The summed E-state index contributed by atoms with van der Waals surface area (Å²) in [6, 6.07) is 7.16. The summed E-state index contributed by atoms with van der Waals surface area (Å²) in [6.07, 6.45) is 4.18. The van der Waals surface area contributed by atoms with E-state index in [9.17, 15) is 4.79 Å². The minimum absolute atomic E-state index is 0.227. The Morgan fingerprint density at radius 2 is 2.32 bits per heavy atom. The van der Waals surface area contributed by atoms with Crippen LogP contribution in [0.15, 0.2) is 30.5 Å². The van der Waals surface area contributed by atoms with Gasteiger partial charge < -0.3 is 15.4 Å². The Balaban J connectivity index is 2.19. The molecule has 2 N–H and O–H groups in total. The third kappa shape index (κ3) is 7.49. The van der Waals surface area contributed by atoms with E-state index < -0.39 is 0 Å². The third-order valence-electron chi connectivity index (χ3n) is 2.29. The van der Waals surface area contributed by atoms with Crippen LogP contribution >= 0.6 is 11.6 Å². The van der Waals surface area contributed by atoms with Crippen LogP contribution in [0, 0.1) is 0 Å². The average molecular weight is 283 g/mol. The van der Waals surface area contributed by atoms with Gasteiger partial charge in [-0.25, -0.2) is 4.79 Å². The molecule has 0 saturated heterocycles. The Bertz CT molecular complexity index is 422. The average Bonchev–Trinajstić information content (AvgIpc) is 2.38. The molecular weight excluding hydrogens is 264 g/mol. The fraction of sp³-hybridized carbons (Fsp3) is 0.357. The molecule has 4 nitrogen and oxygen atoms in total. The van der Waals surface area contributed by atoms with E-state index >= 15 is 0 Å². The predicted octanol–water partition coefficient (Wildman–Crippen LogP) is 3.04. The van der Waals surface area contributed by atoms with Crippen LogP contribution in [0.3, 0.4) is 0 Å². The standard InChI is InChI=1S/C14H19ClN2O2/c1-2-19-10-4-8-16-14(18)17-9-7-12-5-3-6-13(15)11-12/h3,5-7,9,11H,2,4,8,10H2,1H3,(H2,16,17,18)/b9-7+. The molecule has 1 aromatic carbocycles. The lowest BCUT2D eigenvalue weighted by Gasteiger charge is -2.04. The predicted molar refractivity (Wildman–Crippen MR) is 78.1 cm³/mol. The number of hydrogen-bond acceptors (Lipinski definition) is 2. The van der Waals surface area contributed by atoms with Crippen molar-refractivity contribution in [3.63, 3.8) is 0 Å². The summed E-state index contributed by atoms with van der Waals surface area (Å²) in [4.78, 5) is 11.4. The van der Waals surface area contributed by atoms with Gasteiger partial charge in [-0.05, 0) is 37.1 Å². The Labute approximate surface area is 118 Å². The molecular formula is C14H19ClN2O2. The largest absolute Gasteiger partial charge is 0.382 e. The molecule has 0 aliphatic carbocycles. The van der Waals surface area contributed by atoms with Crippen molar-refractivity contribution in [1.82, 2.24) is 10.6 Å². The highest BCUT2D eigenvalue weighted by molar-refractivity contribution is 6.30. The molecule has 19 heavy (non-hydrogen) atoms. The highest BCUT2D eigenvalue weighted by Gasteiger charge is 1.95. The van der Waals surface area contributed by atoms with Crippen molar-refractivity contribution in [2.45, 2.75) is 13.3 Å². The smallest absolute Gasteiger partial charge is 0.318 e. The maximum Gasteiger partial charge on any atom is 0.318 e. The van der Waals surface area contributed by atoms with Crippen molar-refractivity contribution in [1.29, 1.82) is 0 Å². The van der Waals surface area contributed by atoms with E-state index in [1.54, 1.807) is 18.3 Å². The van der Waals surface area contributed by atoms with Crippen LogP contribution in [0.2, 0.25) is 5.02 Å². The molecule has 104 valence electrons. The van der Waals surface area contributed by atoms with Crippen molar-refractivity contribution < 1.29 is 9.53 Å². The van der Waals surface area contributed by atoms with Crippen LogP contribution in [0.5, 0.6) is 0 Å². The van der Waals surface area contributed by atoms with Gasteiger partial charge in [-0.1, -0.05) is 23.7 Å². The van der Waals surface area contributed by atoms with Crippen LogP contribution < -0.4 is 10.6 Å². The van der Waals surface area contributed by atoms with Gasteiger partial charge in [-0.3, -0.25) is 0 Å². The lowest BCUT2D eigenvalue weighted by Crippen LogP contribution is -2.33. The van der Waals surface area contributed by atoms with E-state index in [2.05, 4.69) is 10.6 Å². The Morgan fingerprint density at radius 3 is 3.05 bits per heavy atom. The second-order valence-corrected chi connectivity index (χ2v) is 4.28. The zero-order valence-electron chi connectivity index (χ0n) is 11.0. The van der Waals surface area contributed by atoms with E-state index in [0.717, 1.165) is 12.0 Å². The summed E-state index contributed by atoms with van der Waals surface area (Å²) < 4.78 is 5.17. The van der Waals surface area contributed by atoms with E-state index in [1.807, 2.05) is 25.1 Å². The van der Waals surface area contributed by atoms with E-state index in [-0.39, 0.29) is 6.03 Å². The number of hydrogen-bond donors (Lipinski definition) is 2. The molecule has 0 bridgehead atoms. The Hall–Kier alpha value is -1.52. The lowest BCUT2D eigenvalue weighted by molar-refractivity contribution is 0.145. The highest BCUT2D eigenvalue weighted by Crippen LogP contribution is 2.11. The fourth-order valence-electron chi connectivity index (χ4n) is 1.40. The molecule has 0 unspecified atom stereocenters. The quantitative estimate of drug-likeness (QED) is 0.755. The van der Waals surface area contributed by atoms with Crippen molar-refractivity contribution in [3.8, 4) is 0 Å². The monoisotopic (exact) mass is 282 g/mol. The number of ether oxygens (including phenoxy) is 1. The van der Waals surface area contributed by atoms with E-state index in [1.165, 1.54) is 0 Å². The normalized spacial score (nSPS) is 10.6. The second kappa shape index (κ2) is 9.42. The summed E-state index contributed by atoms with van der Waals surface area (Å²) in [6.45, 7) is 3.90. The van der Waals surface area contributed by atoms with Gasteiger partial charge in [0.05, 0.1) is 0 Å². The summed E-state index contributed by atoms with van der Waals surface area (Å²) >= 11 is 5.85. The number of carbonyl (C=O) groups excluding carboxylic acids is 1. The van der Waals surface area contributed by atoms with Gasteiger partial charge in [0.25, 0.3) is 0 Å². The highest BCUT2D eigenvalue weighted by atomic mass is 35.5. The first-order valence-corrected chi connectivity index (χ1v) is 6.64. The lowest BCUT2D eigenvalue weighted by atomic mass is 10.2. The van der Waals surface area contributed by atoms with Gasteiger partial charge >= 0.3 is 6.03 Å². The van der Waals surface area contributed by atoms with Crippen molar-refractivity contribution >= 4 is 23.7 Å². The van der Waals surface area contributed by atoms with Crippen LogP contribution in [0.1, 0.15) is 18.9 Å². The number of amides is 2. The zero-order valence-corrected chi connectivity index (χ0v) is 11.7. The number of halogens is 1. The van der Waals surface area contributed by atoms with Crippen LogP contribution in [0.4, 0.5) is 4.79 Å². The van der Waals surface area contributed by atoms with Gasteiger partial charge in [0.15, 0.2) is 0 Å². The summed E-state index contributed by atoms with van der Waals surface area (Å²) in [5.41, 5.74) is 0.934. The van der Waals surface area contributed by atoms with Crippen molar-refractivity contribution in [3.05, 3.63) is 41.1 Å². The topological polar surface area (TPSA) is 50.4 Å². The Kier molecular flexibility index (Phi) is 7.70. The van der Waals surface area contributed by atoms with E-state index in [4.69, 9.17) is 16.3 Å². The number of nitrogens with one attached hydrogen (secondary N) is 2. The molecule has 0 aliphatic rings. The molecule has 1 aromatic rings. The zero-order chi connectivity index (χ0) is 13.9. The SMILES string of the molecule is CCOCCCNC(=O)N/C=C/c1cccc(Cl)c1. The molecule has 2 amide bonds. The molecule has 0 aliphatic heterocycles. The summed E-state index contributed by atoms with van der Waals surface area (Å²) in [7, 11) is 0. The second-order valence-electron chi connectivity index (χ2n) is 3.84. The number of benzene rings is 1. The third-order valence-corrected chi connectivity index (χ3v) is 2.53. The minimum Gasteiger partial charge on any atom is -0.382 e. The van der Waals surface area contributed by atoms with Crippen molar-refractivity contribution in [2.75, 3.05) is 19.8 Å². The molecule has 0 heterocycles. The minimum atomic E-state index is -0.227. The first kappa shape index (κ1) is 15.5. The van der Waals surface area contributed by atoms with Gasteiger partial charge in [0.1, 0.15) is 0 Å². The molecule has 0 saturated carbocycles. The van der Waals surface area contributed by atoms with E-state index in [0.29, 0.717) is 24.8 Å². The summed E-state index contributed by atoms with van der Waals surface area (Å²) in [5, 5.41) is 6.03. The fourth-order valence-corrected chi connectivity index (χ4v) is 1.59. The van der Waals surface area contributed by atoms with Crippen LogP contribution in [-0.2, 0) is 4.74 Å². The van der Waals surface area contributed by atoms with Crippen LogP contribution in [0.25, 0.3) is 6.08 Å². The maximum atomic E-state index is 11.4. The van der Waals surface area contributed by atoms with Gasteiger partial charge in [0, 0.05) is 31.0 Å². The van der Waals surface area contributed by atoms with Crippen LogP contribution in [-0.4, -0.2) is 25.8 Å². The number of urea groups is 1. The number of carbonyl (C=O) groups is 1. The maximum absolute atomic E-state index is 11.4. The van der Waals surface area contributed by atoms with Crippen molar-refractivity contribution in [2.24, 2.45) is 0 Å². The van der Waals surface area contributed by atoms with Gasteiger partial charge in [-0.15, -0.1) is 0 Å². The first-order valence-electron chi connectivity index (χ1n) is 6.26. The van der Waals surface area contributed by atoms with Gasteiger partial charge in [0.2, 0.25) is 0 Å². The number of rotatable bonds is 7. The molecule has 0 radical (unpaired) electrons. The molecule has 0 fully saturated rings.